The third-order valence-electron chi connectivity index (χ3n) is 3.32. The van der Waals surface area contributed by atoms with Crippen molar-refractivity contribution in [3.05, 3.63) is 52.5 Å². The maximum Gasteiger partial charge on any atom is 0.335 e. The molecule has 9 heteroatoms. The number of carboxylic acids is 1. The largest absolute Gasteiger partial charge is 0.478 e. The average Bonchev–Trinajstić information content (AvgIpc) is 3.04. The maximum absolute atomic E-state index is 12.2. The number of rotatable bonds is 3. The summed E-state index contributed by atoms with van der Waals surface area (Å²) in [6, 6.07) is 8.85. The van der Waals surface area contributed by atoms with E-state index in [0.717, 1.165) is 0 Å². The van der Waals surface area contributed by atoms with Crippen molar-refractivity contribution in [3.63, 3.8) is 0 Å². The van der Waals surface area contributed by atoms with Crippen LogP contribution >= 0.6 is 23.8 Å². The maximum atomic E-state index is 12.2. The van der Waals surface area contributed by atoms with Crippen LogP contribution in [0.2, 0.25) is 5.02 Å². The molecule has 0 radical (unpaired) electrons. The first-order chi connectivity index (χ1) is 11.9. The quantitative estimate of drug-likeness (QED) is 0.706. The number of halogens is 1. The standard InChI is InChI=1S/C16H11ClN2O5S/c17-10-3-1-9(15(21)22)5-11(10)18-16(25)19-14(20)8-2-4-12-13(6-8)24-7-23-12/h1-6H,7H2,(H,21,22)(H2,18,19,20,25). The molecule has 2 aromatic rings. The van der Waals surface area contributed by atoms with E-state index in [9.17, 15) is 9.59 Å². The lowest BCUT2D eigenvalue weighted by Gasteiger charge is -2.11. The number of ether oxygens (including phenoxy) is 2. The molecule has 25 heavy (non-hydrogen) atoms. The number of hydrogen-bond donors (Lipinski definition) is 3. The van der Waals surface area contributed by atoms with Gasteiger partial charge in [-0.1, -0.05) is 11.6 Å². The fourth-order valence-electron chi connectivity index (χ4n) is 2.12. The van der Waals surface area contributed by atoms with Crippen molar-refractivity contribution in [1.29, 1.82) is 0 Å². The van der Waals surface area contributed by atoms with Gasteiger partial charge in [0.2, 0.25) is 6.79 Å². The van der Waals surface area contributed by atoms with E-state index in [1.165, 1.54) is 24.3 Å². The van der Waals surface area contributed by atoms with E-state index >= 15 is 0 Å². The van der Waals surface area contributed by atoms with Gasteiger partial charge in [0, 0.05) is 5.56 Å². The summed E-state index contributed by atoms with van der Waals surface area (Å²) in [6.07, 6.45) is 0. The van der Waals surface area contributed by atoms with E-state index in [2.05, 4.69) is 10.6 Å². The summed E-state index contributed by atoms with van der Waals surface area (Å²) < 4.78 is 10.4. The molecule has 0 fully saturated rings. The normalized spacial score (nSPS) is 11.7. The van der Waals surface area contributed by atoms with Gasteiger partial charge in [-0.05, 0) is 48.6 Å². The second-order valence-electron chi connectivity index (χ2n) is 4.98. The van der Waals surface area contributed by atoms with Gasteiger partial charge in [0.15, 0.2) is 16.6 Å². The fraction of sp³-hybridized carbons (Fsp3) is 0.0625. The highest BCUT2D eigenvalue weighted by molar-refractivity contribution is 7.80. The van der Waals surface area contributed by atoms with Crippen LogP contribution in [0.3, 0.4) is 0 Å². The van der Waals surface area contributed by atoms with Crippen molar-refractivity contribution in [2.24, 2.45) is 0 Å². The molecule has 0 saturated carbocycles. The van der Waals surface area contributed by atoms with E-state index in [-0.39, 0.29) is 28.2 Å². The Morgan fingerprint density at radius 3 is 2.56 bits per heavy atom. The Morgan fingerprint density at radius 1 is 1.08 bits per heavy atom. The summed E-state index contributed by atoms with van der Waals surface area (Å²) in [7, 11) is 0. The van der Waals surface area contributed by atoms with E-state index in [4.69, 9.17) is 38.4 Å². The van der Waals surface area contributed by atoms with Crippen molar-refractivity contribution < 1.29 is 24.2 Å². The first kappa shape index (κ1) is 17.0. The molecular formula is C16H11ClN2O5S. The van der Waals surface area contributed by atoms with Crippen LogP contribution in [0.25, 0.3) is 0 Å². The number of fused-ring (bicyclic) bond motifs is 1. The molecule has 7 nitrogen and oxygen atoms in total. The van der Waals surface area contributed by atoms with Gasteiger partial charge >= 0.3 is 5.97 Å². The minimum Gasteiger partial charge on any atom is -0.478 e. The van der Waals surface area contributed by atoms with Gasteiger partial charge < -0.3 is 19.9 Å². The number of thiocarbonyl (C=S) groups is 1. The van der Waals surface area contributed by atoms with Gasteiger partial charge in [0.25, 0.3) is 5.91 Å². The second kappa shape index (κ2) is 6.96. The zero-order valence-electron chi connectivity index (χ0n) is 12.5. The molecule has 0 unspecified atom stereocenters. The number of carbonyl (C=O) groups excluding carboxylic acids is 1. The van der Waals surface area contributed by atoms with Gasteiger partial charge in [0.05, 0.1) is 16.3 Å². The molecule has 128 valence electrons. The van der Waals surface area contributed by atoms with Crippen molar-refractivity contribution in [3.8, 4) is 11.5 Å². The Hall–Kier alpha value is -2.84. The molecule has 2 aromatic carbocycles. The van der Waals surface area contributed by atoms with Crippen molar-refractivity contribution in [1.82, 2.24) is 5.32 Å². The van der Waals surface area contributed by atoms with Crippen LogP contribution in [0.5, 0.6) is 11.5 Å². The monoisotopic (exact) mass is 378 g/mol. The minimum atomic E-state index is -1.10. The van der Waals surface area contributed by atoms with E-state index < -0.39 is 11.9 Å². The first-order valence-electron chi connectivity index (χ1n) is 6.99. The van der Waals surface area contributed by atoms with Crippen molar-refractivity contribution in [2.75, 3.05) is 12.1 Å². The Balaban J connectivity index is 1.69. The number of anilines is 1. The van der Waals surface area contributed by atoms with Crippen molar-refractivity contribution >= 4 is 46.5 Å². The van der Waals surface area contributed by atoms with Gasteiger partial charge in [-0.3, -0.25) is 10.1 Å². The van der Waals surface area contributed by atoms with Gasteiger partial charge in [0.1, 0.15) is 0 Å². The highest BCUT2D eigenvalue weighted by Crippen LogP contribution is 2.32. The van der Waals surface area contributed by atoms with E-state index in [1.54, 1.807) is 12.1 Å². The molecule has 1 aliphatic heterocycles. The predicted molar refractivity (Wildman–Crippen MR) is 94.7 cm³/mol. The minimum absolute atomic E-state index is 0.0212. The van der Waals surface area contributed by atoms with Crippen molar-refractivity contribution in [2.45, 2.75) is 0 Å². The average molecular weight is 379 g/mol. The first-order valence-corrected chi connectivity index (χ1v) is 7.77. The fourth-order valence-corrected chi connectivity index (χ4v) is 2.49. The Kier molecular flexibility index (Phi) is 4.73. The third-order valence-corrected chi connectivity index (χ3v) is 3.86. The lowest BCUT2D eigenvalue weighted by molar-refractivity contribution is 0.0696. The summed E-state index contributed by atoms with van der Waals surface area (Å²) in [5, 5.41) is 14.5. The number of nitrogens with one attached hydrogen (secondary N) is 2. The molecule has 0 bridgehead atoms. The van der Waals surface area contributed by atoms with Gasteiger partial charge in [-0.25, -0.2) is 4.79 Å². The highest BCUT2D eigenvalue weighted by atomic mass is 35.5. The topological polar surface area (TPSA) is 96.9 Å². The number of carboxylic acid groups (broad SMARTS) is 1. The zero-order chi connectivity index (χ0) is 18.0. The summed E-state index contributed by atoms with van der Waals surface area (Å²) in [4.78, 5) is 23.3. The predicted octanol–water partition coefficient (Wildman–Crippen LogP) is 2.89. The van der Waals surface area contributed by atoms with Crippen LogP contribution < -0.4 is 20.1 Å². The lowest BCUT2D eigenvalue weighted by atomic mass is 10.2. The number of carbonyl (C=O) groups is 2. The summed E-state index contributed by atoms with van der Waals surface area (Å²) in [5.41, 5.74) is 0.646. The molecular weight excluding hydrogens is 368 g/mol. The Labute approximate surface area is 152 Å². The Morgan fingerprint density at radius 2 is 1.80 bits per heavy atom. The zero-order valence-corrected chi connectivity index (χ0v) is 14.1. The van der Waals surface area contributed by atoms with Crippen LogP contribution in [0.15, 0.2) is 36.4 Å². The second-order valence-corrected chi connectivity index (χ2v) is 5.79. The van der Waals surface area contributed by atoms with Crippen LogP contribution in [0, 0.1) is 0 Å². The number of hydrogen-bond acceptors (Lipinski definition) is 5. The van der Waals surface area contributed by atoms with Gasteiger partial charge in [-0.2, -0.15) is 0 Å². The molecule has 3 rings (SSSR count). The molecule has 3 N–H and O–H groups in total. The molecule has 0 spiro atoms. The van der Waals surface area contributed by atoms with Crippen LogP contribution in [0.1, 0.15) is 20.7 Å². The van der Waals surface area contributed by atoms with Crippen LogP contribution in [-0.2, 0) is 0 Å². The molecule has 0 aliphatic carbocycles. The smallest absolute Gasteiger partial charge is 0.335 e. The van der Waals surface area contributed by atoms with Crippen LogP contribution in [-0.4, -0.2) is 28.9 Å². The molecule has 1 amide bonds. The summed E-state index contributed by atoms with van der Waals surface area (Å²) in [6.45, 7) is 0.110. The molecule has 0 saturated heterocycles. The van der Waals surface area contributed by atoms with E-state index in [0.29, 0.717) is 17.1 Å². The molecule has 0 aromatic heterocycles. The van der Waals surface area contributed by atoms with E-state index in [1.807, 2.05) is 0 Å². The molecule has 0 atom stereocenters. The molecule has 1 aliphatic rings. The lowest BCUT2D eigenvalue weighted by Crippen LogP contribution is -2.34. The summed E-state index contributed by atoms with van der Waals surface area (Å²) in [5.74, 6) is -0.519. The SMILES string of the molecule is O=C(O)c1ccc(Cl)c(NC(=S)NC(=O)c2ccc3c(c2)OCO3)c1. The Bertz CT molecular complexity index is 887. The van der Waals surface area contributed by atoms with Crippen LogP contribution in [0.4, 0.5) is 5.69 Å². The van der Waals surface area contributed by atoms with Gasteiger partial charge in [-0.15, -0.1) is 0 Å². The number of aromatic carboxylic acids is 1. The third kappa shape index (κ3) is 3.81. The highest BCUT2D eigenvalue weighted by Gasteiger charge is 2.17. The number of amides is 1. The molecule has 1 heterocycles. The summed E-state index contributed by atoms with van der Waals surface area (Å²) >= 11 is 11.1. The number of benzene rings is 2.